The van der Waals surface area contributed by atoms with Crippen molar-refractivity contribution in [1.82, 2.24) is 9.97 Å². The van der Waals surface area contributed by atoms with E-state index in [1.807, 2.05) is 26.8 Å². The summed E-state index contributed by atoms with van der Waals surface area (Å²) in [5, 5.41) is 4.19. The van der Waals surface area contributed by atoms with E-state index in [1.54, 1.807) is 11.3 Å². The van der Waals surface area contributed by atoms with E-state index in [0.717, 1.165) is 16.6 Å². The summed E-state index contributed by atoms with van der Waals surface area (Å²) in [6, 6.07) is 2.03. The molecule has 0 aliphatic carbocycles. The van der Waals surface area contributed by atoms with Gasteiger partial charge in [0, 0.05) is 4.88 Å². The van der Waals surface area contributed by atoms with Crippen molar-refractivity contribution >= 4 is 33.3 Å². The molecule has 0 aliphatic heterocycles. The molecule has 0 saturated heterocycles. The second-order valence-electron chi connectivity index (χ2n) is 5.00. The van der Waals surface area contributed by atoms with E-state index in [9.17, 15) is 4.79 Å². The lowest BCUT2D eigenvalue weighted by Gasteiger charge is -2.28. The minimum Gasteiger partial charge on any atom is -0.467 e. The van der Waals surface area contributed by atoms with Gasteiger partial charge in [0.1, 0.15) is 22.5 Å². The Balaban J connectivity index is 2.40. The SMILES string of the molecule is CCCC(C)(Nc1ncnc2sc(C)cc12)C(=O)OC. The van der Waals surface area contributed by atoms with Crippen molar-refractivity contribution in [2.75, 3.05) is 12.4 Å². The number of carbonyl (C=O) groups is 1. The zero-order valence-electron chi connectivity index (χ0n) is 12.2. The van der Waals surface area contributed by atoms with Crippen LogP contribution in [-0.2, 0) is 9.53 Å². The fraction of sp³-hybridized carbons (Fsp3) is 0.500. The Morgan fingerprint density at radius 1 is 1.50 bits per heavy atom. The number of anilines is 1. The number of esters is 1. The lowest BCUT2D eigenvalue weighted by molar-refractivity contribution is -0.145. The van der Waals surface area contributed by atoms with Gasteiger partial charge in [-0.1, -0.05) is 13.3 Å². The highest BCUT2D eigenvalue weighted by Gasteiger charge is 2.34. The van der Waals surface area contributed by atoms with Crippen molar-refractivity contribution in [3.05, 3.63) is 17.3 Å². The van der Waals surface area contributed by atoms with Gasteiger partial charge in [-0.25, -0.2) is 14.8 Å². The zero-order chi connectivity index (χ0) is 14.8. The van der Waals surface area contributed by atoms with Crippen LogP contribution in [0.5, 0.6) is 0 Å². The van der Waals surface area contributed by atoms with Crippen LogP contribution in [0, 0.1) is 6.92 Å². The molecule has 0 spiro atoms. The van der Waals surface area contributed by atoms with Crippen LogP contribution in [0.3, 0.4) is 0 Å². The number of hydrogen-bond acceptors (Lipinski definition) is 6. The number of hydrogen-bond donors (Lipinski definition) is 1. The van der Waals surface area contributed by atoms with Crippen molar-refractivity contribution < 1.29 is 9.53 Å². The summed E-state index contributed by atoms with van der Waals surface area (Å²) in [6.07, 6.45) is 3.06. The standard InChI is InChI=1S/C14H19N3O2S/c1-5-6-14(3,13(18)19-4)17-11-10-7-9(2)20-12(10)16-8-15-11/h7-8H,5-6H2,1-4H3,(H,15,16,17). The maximum absolute atomic E-state index is 12.0. The molecule has 2 heterocycles. The number of aromatic nitrogens is 2. The molecule has 0 bridgehead atoms. The normalized spacial score (nSPS) is 14.0. The molecular formula is C14H19N3O2S. The highest BCUT2D eigenvalue weighted by atomic mass is 32.1. The van der Waals surface area contributed by atoms with Gasteiger partial charge in [-0.05, 0) is 26.3 Å². The number of rotatable bonds is 5. The molecule has 6 heteroatoms. The van der Waals surface area contributed by atoms with Crippen molar-refractivity contribution in [2.24, 2.45) is 0 Å². The summed E-state index contributed by atoms with van der Waals surface area (Å²) in [4.78, 5) is 22.7. The van der Waals surface area contributed by atoms with Crippen LogP contribution in [0.4, 0.5) is 5.82 Å². The fourth-order valence-corrected chi connectivity index (χ4v) is 3.13. The zero-order valence-corrected chi connectivity index (χ0v) is 13.0. The highest BCUT2D eigenvalue weighted by Crippen LogP contribution is 2.30. The summed E-state index contributed by atoms with van der Waals surface area (Å²) in [5.74, 6) is 0.402. The van der Waals surface area contributed by atoms with Crippen LogP contribution in [0.25, 0.3) is 10.2 Å². The Morgan fingerprint density at radius 2 is 2.25 bits per heavy atom. The van der Waals surface area contributed by atoms with Crippen LogP contribution in [-0.4, -0.2) is 28.6 Å². The molecule has 0 fully saturated rings. The third-order valence-corrected chi connectivity index (χ3v) is 4.19. The van der Waals surface area contributed by atoms with E-state index in [-0.39, 0.29) is 5.97 Å². The average molecular weight is 293 g/mol. The second-order valence-corrected chi connectivity index (χ2v) is 6.23. The fourth-order valence-electron chi connectivity index (χ4n) is 2.28. The van der Waals surface area contributed by atoms with Gasteiger partial charge in [-0.15, -0.1) is 11.3 Å². The molecule has 1 N–H and O–H groups in total. The third kappa shape index (κ3) is 2.75. The Hall–Kier alpha value is -1.69. The number of carbonyl (C=O) groups excluding carboxylic acids is 1. The first-order valence-corrected chi connectivity index (χ1v) is 7.39. The maximum Gasteiger partial charge on any atom is 0.331 e. The molecule has 20 heavy (non-hydrogen) atoms. The Bertz CT molecular complexity index is 626. The van der Waals surface area contributed by atoms with Crippen LogP contribution >= 0.6 is 11.3 Å². The topological polar surface area (TPSA) is 64.1 Å². The highest BCUT2D eigenvalue weighted by molar-refractivity contribution is 7.18. The molecule has 0 radical (unpaired) electrons. The van der Waals surface area contributed by atoms with Gasteiger partial charge < -0.3 is 10.1 Å². The van der Waals surface area contributed by atoms with Crippen LogP contribution in [0.15, 0.2) is 12.4 Å². The van der Waals surface area contributed by atoms with E-state index in [1.165, 1.54) is 18.3 Å². The number of nitrogens with one attached hydrogen (secondary N) is 1. The van der Waals surface area contributed by atoms with E-state index in [4.69, 9.17) is 4.74 Å². The minimum atomic E-state index is -0.777. The quantitative estimate of drug-likeness (QED) is 0.858. The lowest BCUT2D eigenvalue weighted by Crippen LogP contribution is -2.44. The first kappa shape index (κ1) is 14.7. The van der Waals surface area contributed by atoms with Crippen molar-refractivity contribution in [2.45, 2.75) is 39.2 Å². The Morgan fingerprint density at radius 3 is 2.90 bits per heavy atom. The van der Waals surface area contributed by atoms with E-state index >= 15 is 0 Å². The average Bonchev–Trinajstić information content (AvgIpc) is 2.79. The Kier molecular flexibility index (Phi) is 4.23. The van der Waals surface area contributed by atoms with Crippen molar-refractivity contribution in [3.8, 4) is 0 Å². The number of aryl methyl sites for hydroxylation is 1. The molecule has 2 rings (SSSR count). The van der Waals surface area contributed by atoms with Gasteiger partial charge in [-0.2, -0.15) is 0 Å². The van der Waals surface area contributed by atoms with Gasteiger partial charge in [0.15, 0.2) is 0 Å². The molecule has 5 nitrogen and oxygen atoms in total. The van der Waals surface area contributed by atoms with Crippen LogP contribution < -0.4 is 5.32 Å². The molecular weight excluding hydrogens is 274 g/mol. The summed E-state index contributed by atoms with van der Waals surface area (Å²) in [7, 11) is 1.40. The van der Waals surface area contributed by atoms with Gasteiger partial charge >= 0.3 is 5.97 Å². The van der Waals surface area contributed by atoms with Gasteiger partial charge in [-0.3, -0.25) is 0 Å². The number of fused-ring (bicyclic) bond motifs is 1. The number of thiophene rings is 1. The number of methoxy groups -OCH3 is 1. The molecule has 1 atom stereocenters. The smallest absolute Gasteiger partial charge is 0.331 e. The third-order valence-electron chi connectivity index (χ3n) is 3.23. The Labute approximate surface area is 122 Å². The molecule has 2 aromatic rings. The summed E-state index contributed by atoms with van der Waals surface area (Å²) in [5.41, 5.74) is -0.777. The first-order valence-electron chi connectivity index (χ1n) is 6.58. The van der Waals surface area contributed by atoms with E-state index in [0.29, 0.717) is 12.2 Å². The molecule has 2 aromatic heterocycles. The molecule has 0 saturated carbocycles. The predicted molar refractivity (Wildman–Crippen MR) is 81.1 cm³/mol. The van der Waals surface area contributed by atoms with E-state index in [2.05, 4.69) is 15.3 Å². The summed E-state index contributed by atoms with van der Waals surface area (Å²) in [6.45, 7) is 5.91. The summed E-state index contributed by atoms with van der Waals surface area (Å²) >= 11 is 1.61. The monoisotopic (exact) mass is 293 g/mol. The molecule has 1 unspecified atom stereocenters. The maximum atomic E-state index is 12.0. The molecule has 0 aliphatic rings. The summed E-state index contributed by atoms with van der Waals surface area (Å²) < 4.78 is 4.92. The van der Waals surface area contributed by atoms with Crippen LogP contribution in [0.1, 0.15) is 31.6 Å². The van der Waals surface area contributed by atoms with E-state index < -0.39 is 5.54 Å². The largest absolute Gasteiger partial charge is 0.467 e. The molecule has 0 aromatic carbocycles. The lowest BCUT2D eigenvalue weighted by atomic mass is 9.96. The van der Waals surface area contributed by atoms with Crippen molar-refractivity contribution in [3.63, 3.8) is 0 Å². The predicted octanol–water partition coefficient (Wildman–Crippen LogP) is 3.14. The number of nitrogens with zero attached hydrogens (tertiary/aromatic N) is 2. The van der Waals surface area contributed by atoms with Gasteiger partial charge in [0.2, 0.25) is 0 Å². The molecule has 0 amide bonds. The second kappa shape index (κ2) is 5.75. The minimum absolute atomic E-state index is 0.280. The van der Waals surface area contributed by atoms with Crippen LogP contribution in [0.2, 0.25) is 0 Å². The van der Waals surface area contributed by atoms with Gasteiger partial charge in [0.05, 0.1) is 12.5 Å². The van der Waals surface area contributed by atoms with Crippen molar-refractivity contribution in [1.29, 1.82) is 0 Å². The van der Waals surface area contributed by atoms with Gasteiger partial charge in [0.25, 0.3) is 0 Å². The first-order chi connectivity index (χ1) is 9.50. The number of ether oxygens (including phenoxy) is 1. The molecule has 108 valence electrons.